The molecule has 1 aromatic rings. The molecule has 0 aromatic carbocycles. The molecule has 5 nitrogen and oxygen atoms in total. The van der Waals surface area contributed by atoms with E-state index in [1.807, 2.05) is 27.8 Å². The van der Waals surface area contributed by atoms with E-state index in [-0.39, 0.29) is 0 Å². The van der Waals surface area contributed by atoms with Crippen LogP contribution in [0.15, 0.2) is 0 Å². The van der Waals surface area contributed by atoms with E-state index in [0.717, 1.165) is 30.0 Å². The summed E-state index contributed by atoms with van der Waals surface area (Å²) >= 11 is 0. The molecule has 0 aliphatic heterocycles. The first kappa shape index (κ1) is 14.7. The lowest BCUT2D eigenvalue weighted by Gasteiger charge is -2.24. The van der Waals surface area contributed by atoms with Crippen molar-refractivity contribution in [3.8, 4) is 0 Å². The highest BCUT2D eigenvalue weighted by Crippen LogP contribution is 2.20. The zero-order valence-corrected chi connectivity index (χ0v) is 12.0. The Morgan fingerprint density at radius 3 is 2.39 bits per heavy atom. The van der Waals surface area contributed by atoms with Crippen LogP contribution in [0.4, 0.5) is 11.6 Å². The van der Waals surface area contributed by atoms with E-state index in [1.54, 1.807) is 0 Å². The summed E-state index contributed by atoms with van der Waals surface area (Å²) in [6, 6.07) is 0. The zero-order chi connectivity index (χ0) is 13.8. The molecule has 0 saturated heterocycles. The summed E-state index contributed by atoms with van der Waals surface area (Å²) < 4.78 is 0. The first-order valence-corrected chi connectivity index (χ1v) is 6.39. The Kier molecular flexibility index (Phi) is 4.90. The molecule has 1 heterocycles. The third-order valence-electron chi connectivity index (χ3n) is 2.92. The van der Waals surface area contributed by atoms with E-state index in [9.17, 15) is 5.11 Å². The molecule has 0 fully saturated rings. The van der Waals surface area contributed by atoms with E-state index >= 15 is 0 Å². The molecule has 5 heteroatoms. The SMILES string of the molecule is CCCC(C)(O)CNc1nc(C)nc(NC)c1C. The quantitative estimate of drug-likeness (QED) is 0.723. The molecule has 1 aromatic heterocycles. The predicted molar refractivity (Wildman–Crippen MR) is 75.1 cm³/mol. The number of aromatic nitrogens is 2. The van der Waals surface area contributed by atoms with Crippen molar-refractivity contribution in [2.24, 2.45) is 0 Å². The van der Waals surface area contributed by atoms with E-state index in [1.165, 1.54) is 0 Å². The third-order valence-corrected chi connectivity index (χ3v) is 2.92. The van der Waals surface area contributed by atoms with Crippen molar-refractivity contribution >= 4 is 11.6 Å². The fourth-order valence-corrected chi connectivity index (χ4v) is 1.95. The smallest absolute Gasteiger partial charge is 0.134 e. The summed E-state index contributed by atoms with van der Waals surface area (Å²) in [7, 11) is 1.84. The second kappa shape index (κ2) is 6.00. The molecule has 0 aliphatic carbocycles. The number of nitrogens with zero attached hydrogens (tertiary/aromatic N) is 2. The highest BCUT2D eigenvalue weighted by Gasteiger charge is 2.19. The second-order valence-corrected chi connectivity index (χ2v) is 4.94. The van der Waals surface area contributed by atoms with Gasteiger partial charge in [-0.25, -0.2) is 9.97 Å². The van der Waals surface area contributed by atoms with Crippen molar-refractivity contribution < 1.29 is 5.11 Å². The molecule has 18 heavy (non-hydrogen) atoms. The Morgan fingerprint density at radius 1 is 1.22 bits per heavy atom. The van der Waals surface area contributed by atoms with Crippen molar-refractivity contribution in [3.63, 3.8) is 0 Å². The highest BCUT2D eigenvalue weighted by molar-refractivity contribution is 5.57. The summed E-state index contributed by atoms with van der Waals surface area (Å²) in [6.45, 7) is 8.21. The van der Waals surface area contributed by atoms with Crippen molar-refractivity contribution in [2.45, 2.75) is 46.1 Å². The molecule has 0 bridgehead atoms. The molecule has 0 spiro atoms. The van der Waals surface area contributed by atoms with E-state index in [0.29, 0.717) is 12.4 Å². The Bertz CT molecular complexity index is 404. The van der Waals surface area contributed by atoms with Gasteiger partial charge in [-0.3, -0.25) is 0 Å². The van der Waals surface area contributed by atoms with Gasteiger partial charge in [0.2, 0.25) is 0 Å². The summed E-state index contributed by atoms with van der Waals surface area (Å²) in [6.07, 6.45) is 1.72. The van der Waals surface area contributed by atoms with Crippen LogP contribution in [0.3, 0.4) is 0 Å². The number of nitrogens with one attached hydrogen (secondary N) is 2. The average molecular weight is 252 g/mol. The zero-order valence-electron chi connectivity index (χ0n) is 12.0. The predicted octanol–water partition coefficient (Wildman–Crippen LogP) is 2.10. The van der Waals surface area contributed by atoms with Crippen LogP contribution in [0.2, 0.25) is 0 Å². The van der Waals surface area contributed by atoms with Gasteiger partial charge in [-0.15, -0.1) is 0 Å². The minimum atomic E-state index is -0.708. The largest absolute Gasteiger partial charge is 0.388 e. The maximum atomic E-state index is 10.1. The summed E-state index contributed by atoms with van der Waals surface area (Å²) in [5.74, 6) is 2.31. The van der Waals surface area contributed by atoms with Gasteiger partial charge in [0, 0.05) is 19.2 Å². The second-order valence-electron chi connectivity index (χ2n) is 4.94. The van der Waals surface area contributed by atoms with Gasteiger partial charge in [0.15, 0.2) is 0 Å². The minimum absolute atomic E-state index is 0.487. The van der Waals surface area contributed by atoms with Gasteiger partial charge in [-0.05, 0) is 27.2 Å². The van der Waals surface area contributed by atoms with Crippen LogP contribution in [0, 0.1) is 13.8 Å². The molecule has 0 amide bonds. The van der Waals surface area contributed by atoms with Crippen LogP contribution < -0.4 is 10.6 Å². The van der Waals surface area contributed by atoms with E-state index in [4.69, 9.17) is 0 Å². The van der Waals surface area contributed by atoms with Gasteiger partial charge >= 0.3 is 0 Å². The minimum Gasteiger partial charge on any atom is -0.388 e. The Morgan fingerprint density at radius 2 is 1.83 bits per heavy atom. The van der Waals surface area contributed by atoms with Crippen LogP contribution in [0.1, 0.15) is 38.1 Å². The lowest BCUT2D eigenvalue weighted by molar-refractivity contribution is 0.0636. The van der Waals surface area contributed by atoms with Gasteiger partial charge in [0.05, 0.1) is 5.60 Å². The molecule has 1 atom stereocenters. The fourth-order valence-electron chi connectivity index (χ4n) is 1.95. The number of aryl methyl sites for hydroxylation is 1. The number of hydrogen-bond donors (Lipinski definition) is 3. The lowest BCUT2D eigenvalue weighted by Crippen LogP contribution is -2.33. The van der Waals surface area contributed by atoms with Crippen LogP contribution >= 0.6 is 0 Å². The van der Waals surface area contributed by atoms with Gasteiger partial charge in [0.1, 0.15) is 17.5 Å². The Labute approximate surface area is 109 Å². The third kappa shape index (κ3) is 3.84. The maximum absolute atomic E-state index is 10.1. The van der Waals surface area contributed by atoms with Gasteiger partial charge < -0.3 is 15.7 Å². The molecular formula is C13H24N4O. The number of anilines is 2. The average Bonchev–Trinajstić information content (AvgIpc) is 2.29. The molecule has 0 aliphatic rings. The van der Waals surface area contributed by atoms with Crippen LogP contribution in [0.25, 0.3) is 0 Å². The van der Waals surface area contributed by atoms with Crippen LogP contribution in [-0.2, 0) is 0 Å². The lowest BCUT2D eigenvalue weighted by atomic mass is 10.0. The number of hydrogen-bond acceptors (Lipinski definition) is 5. The number of rotatable bonds is 6. The van der Waals surface area contributed by atoms with Crippen LogP contribution in [-0.4, -0.2) is 34.3 Å². The molecule has 1 rings (SSSR count). The fraction of sp³-hybridized carbons (Fsp3) is 0.692. The topological polar surface area (TPSA) is 70.1 Å². The van der Waals surface area contributed by atoms with Crippen molar-refractivity contribution in [1.29, 1.82) is 0 Å². The van der Waals surface area contributed by atoms with Crippen molar-refractivity contribution in [2.75, 3.05) is 24.2 Å². The molecule has 1 unspecified atom stereocenters. The summed E-state index contributed by atoms with van der Waals surface area (Å²) in [5, 5.41) is 16.4. The monoisotopic (exact) mass is 252 g/mol. The van der Waals surface area contributed by atoms with Crippen molar-refractivity contribution in [1.82, 2.24) is 9.97 Å². The highest BCUT2D eigenvalue weighted by atomic mass is 16.3. The van der Waals surface area contributed by atoms with Gasteiger partial charge in [-0.1, -0.05) is 13.3 Å². The molecule has 0 saturated carbocycles. The van der Waals surface area contributed by atoms with Gasteiger partial charge in [0.25, 0.3) is 0 Å². The first-order valence-electron chi connectivity index (χ1n) is 6.39. The summed E-state index contributed by atoms with van der Waals surface area (Å²) in [5.41, 5.74) is 0.259. The van der Waals surface area contributed by atoms with E-state index in [2.05, 4.69) is 27.5 Å². The molecule has 102 valence electrons. The molecule has 3 N–H and O–H groups in total. The van der Waals surface area contributed by atoms with Crippen molar-refractivity contribution in [3.05, 3.63) is 11.4 Å². The Hall–Kier alpha value is -1.36. The first-order chi connectivity index (χ1) is 8.39. The Balaban J connectivity index is 2.82. The molecule has 0 radical (unpaired) electrons. The normalized spacial score (nSPS) is 14.1. The maximum Gasteiger partial charge on any atom is 0.134 e. The standard InChI is InChI=1S/C13H24N4O/c1-6-7-13(4,18)8-15-12-9(2)11(14-5)16-10(3)17-12/h18H,6-8H2,1-5H3,(H2,14,15,16,17). The summed E-state index contributed by atoms with van der Waals surface area (Å²) in [4.78, 5) is 8.68. The van der Waals surface area contributed by atoms with Gasteiger partial charge in [-0.2, -0.15) is 0 Å². The number of aliphatic hydroxyl groups is 1. The van der Waals surface area contributed by atoms with Crippen LogP contribution in [0.5, 0.6) is 0 Å². The van der Waals surface area contributed by atoms with E-state index < -0.39 is 5.60 Å². The molecular weight excluding hydrogens is 228 g/mol.